The molecule has 0 aliphatic heterocycles. The molecule has 0 amide bonds. The summed E-state index contributed by atoms with van der Waals surface area (Å²) < 4.78 is 4.97. The first kappa shape index (κ1) is 14.5. The molecule has 1 aromatic rings. The van der Waals surface area contributed by atoms with Crippen LogP contribution in [0.5, 0.6) is 0 Å². The van der Waals surface area contributed by atoms with Crippen molar-refractivity contribution >= 4 is 11.6 Å². The fourth-order valence-corrected chi connectivity index (χ4v) is 1.96. The van der Waals surface area contributed by atoms with E-state index in [2.05, 4.69) is 35.6 Å². The summed E-state index contributed by atoms with van der Waals surface area (Å²) in [6, 6.07) is 10.6. The Balaban J connectivity index is 1.95. The van der Waals surface area contributed by atoms with E-state index < -0.39 is 0 Å². The number of hydrogen-bond donors (Lipinski definition) is 1. The molecule has 0 radical (unpaired) electrons. The van der Waals surface area contributed by atoms with E-state index in [4.69, 9.17) is 16.3 Å². The molecule has 0 aliphatic rings. The Hall–Kier alpha value is -0.570. The van der Waals surface area contributed by atoms with Crippen LogP contribution in [0, 0.1) is 0 Å². The van der Waals surface area contributed by atoms with Crippen molar-refractivity contribution in [3.63, 3.8) is 0 Å². The Morgan fingerprint density at radius 2 is 2.00 bits per heavy atom. The van der Waals surface area contributed by atoms with Gasteiger partial charge in [-0.25, -0.2) is 0 Å². The Morgan fingerprint density at radius 1 is 1.24 bits per heavy atom. The van der Waals surface area contributed by atoms with E-state index in [1.54, 1.807) is 7.11 Å². The van der Waals surface area contributed by atoms with Gasteiger partial charge in [-0.2, -0.15) is 0 Å². The number of rotatable bonds is 9. The molecule has 1 unspecified atom stereocenters. The van der Waals surface area contributed by atoms with E-state index in [9.17, 15) is 0 Å². The molecule has 1 atom stereocenters. The highest BCUT2D eigenvalue weighted by atomic mass is 35.5. The molecule has 0 aliphatic carbocycles. The van der Waals surface area contributed by atoms with E-state index in [0.717, 1.165) is 19.5 Å². The van der Waals surface area contributed by atoms with E-state index in [-0.39, 0.29) is 5.38 Å². The first-order valence-electron chi connectivity index (χ1n) is 6.20. The summed E-state index contributed by atoms with van der Waals surface area (Å²) in [4.78, 5) is 0. The van der Waals surface area contributed by atoms with Crippen LogP contribution in [0.1, 0.15) is 18.4 Å². The molecule has 0 saturated heterocycles. The number of methoxy groups -OCH3 is 1. The minimum Gasteiger partial charge on any atom is -0.383 e. The first-order valence-corrected chi connectivity index (χ1v) is 6.64. The highest BCUT2D eigenvalue weighted by Gasteiger charge is 2.01. The number of hydrogen-bond acceptors (Lipinski definition) is 2. The molecule has 0 fully saturated rings. The largest absolute Gasteiger partial charge is 0.383 e. The van der Waals surface area contributed by atoms with Gasteiger partial charge >= 0.3 is 0 Å². The molecule has 0 heterocycles. The number of aryl methyl sites for hydroxylation is 1. The van der Waals surface area contributed by atoms with E-state index in [1.807, 2.05) is 0 Å². The quantitative estimate of drug-likeness (QED) is 0.541. The molecule has 1 aromatic carbocycles. The van der Waals surface area contributed by atoms with Crippen molar-refractivity contribution in [2.75, 3.05) is 26.8 Å². The van der Waals surface area contributed by atoms with Gasteiger partial charge in [0.25, 0.3) is 0 Å². The molecule has 0 spiro atoms. The lowest BCUT2D eigenvalue weighted by Gasteiger charge is -2.09. The lowest BCUT2D eigenvalue weighted by Crippen LogP contribution is -2.27. The Morgan fingerprint density at radius 3 is 2.71 bits per heavy atom. The monoisotopic (exact) mass is 255 g/mol. The van der Waals surface area contributed by atoms with Crippen LogP contribution in [0.2, 0.25) is 0 Å². The second-order valence-corrected chi connectivity index (χ2v) is 4.82. The number of unbranched alkanes of at least 4 members (excludes halogenated alkanes) is 1. The summed E-state index contributed by atoms with van der Waals surface area (Å²) >= 11 is 6.00. The van der Waals surface area contributed by atoms with E-state index in [1.165, 1.54) is 18.4 Å². The van der Waals surface area contributed by atoms with Crippen molar-refractivity contribution in [3.8, 4) is 0 Å². The van der Waals surface area contributed by atoms with Gasteiger partial charge in [0.2, 0.25) is 0 Å². The van der Waals surface area contributed by atoms with Crippen molar-refractivity contribution in [1.82, 2.24) is 5.32 Å². The summed E-state index contributed by atoms with van der Waals surface area (Å²) in [5, 5.41) is 3.42. The van der Waals surface area contributed by atoms with Gasteiger partial charge in [-0.3, -0.25) is 0 Å². The molecule has 17 heavy (non-hydrogen) atoms. The lowest BCUT2D eigenvalue weighted by atomic mass is 10.1. The summed E-state index contributed by atoms with van der Waals surface area (Å²) in [7, 11) is 1.68. The first-order chi connectivity index (χ1) is 8.33. The number of ether oxygens (including phenoxy) is 1. The number of halogens is 1. The second kappa shape index (κ2) is 9.46. The third-order valence-corrected chi connectivity index (χ3v) is 2.91. The standard InChI is InChI=1S/C14H22ClNO/c1-17-12-14(15)11-16-10-6-5-9-13-7-3-2-4-8-13/h2-4,7-8,14,16H,5-6,9-12H2,1H3. The number of nitrogens with one attached hydrogen (secondary N) is 1. The van der Waals surface area contributed by atoms with Crippen LogP contribution in [-0.2, 0) is 11.2 Å². The molecular weight excluding hydrogens is 234 g/mol. The fourth-order valence-electron chi connectivity index (χ4n) is 1.72. The highest BCUT2D eigenvalue weighted by Crippen LogP contribution is 2.03. The molecule has 2 nitrogen and oxygen atoms in total. The van der Waals surface area contributed by atoms with E-state index in [0.29, 0.717) is 6.61 Å². The van der Waals surface area contributed by atoms with Crippen LogP contribution in [0.3, 0.4) is 0 Å². The molecule has 1 N–H and O–H groups in total. The van der Waals surface area contributed by atoms with Gasteiger partial charge in [0.1, 0.15) is 0 Å². The zero-order chi connectivity index (χ0) is 12.3. The maximum absolute atomic E-state index is 6.00. The molecular formula is C14H22ClNO. The molecule has 0 saturated carbocycles. The summed E-state index contributed by atoms with van der Waals surface area (Å²) in [5.74, 6) is 0. The van der Waals surface area contributed by atoms with Gasteiger partial charge in [-0.15, -0.1) is 11.6 Å². The zero-order valence-electron chi connectivity index (χ0n) is 10.5. The van der Waals surface area contributed by atoms with Crippen LogP contribution in [0.4, 0.5) is 0 Å². The average molecular weight is 256 g/mol. The minimum absolute atomic E-state index is 0.0779. The molecule has 1 rings (SSSR count). The second-order valence-electron chi connectivity index (χ2n) is 4.20. The number of benzene rings is 1. The van der Waals surface area contributed by atoms with Crippen LogP contribution < -0.4 is 5.32 Å². The van der Waals surface area contributed by atoms with Gasteiger partial charge < -0.3 is 10.1 Å². The Bertz CT molecular complexity index is 279. The summed E-state index contributed by atoms with van der Waals surface area (Å²) in [6.07, 6.45) is 3.56. The van der Waals surface area contributed by atoms with Gasteiger partial charge in [0, 0.05) is 13.7 Å². The zero-order valence-corrected chi connectivity index (χ0v) is 11.2. The van der Waals surface area contributed by atoms with Crippen molar-refractivity contribution in [1.29, 1.82) is 0 Å². The maximum Gasteiger partial charge on any atom is 0.0693 e. The molecule has 0 aromatic heterocycles. The molecule has 96 valence electrons. The van der Waals surface area contributed by atoms with Crippen molar-refractivity contribution in [2.45, 2.75) is 24.6 Å². The SMILES string of the molecule is COCC(Cl)CNCCCCc1ccccc1. The van der Waals surface area contributed by atoms with Crippen LogP contribution in [-0.4, -0.2) is 32.2 Å². The highest BCUT2D eigenvalue weighted by molar-refractivity contribution is 6.20. The van der Waals surface area contributed by atoms with Gasteiger partial charge in [-0.1, -0.05) is 30.3 Å². The summed E-state index contributed by atoms with van der Waals surface area (Å²) in [5.41, 5.74) is 1.42. The van der Waals surface area contributed by atoms with Gasteiger partial charge in [-0.05, 0) is 31.4 Å². The van der Waals surface area contributed by atoms with Crippen LogP contribution in [0.15, 0.2) is 30.3 Å². The normalized spacial score (nSPS) is 12.6. The predicted octanol–water partition coefficient (Wildman–Crippen LogP) is 2.85. The minimum atomic E-state index is 0.0779. The Kier molecular flexibility index (Phi) is 8.06. The molecule has 3 heteroatoms. The predicted molar refractivity (Wildman–Crippen MR) is 73.8 cm³/mol. The smallest absolute Gasteiger partial charge is 0.0693 e. The van der Waals surface area contributed by atoms with Crippen LogP contribution >= 0.6 is 11.6 Å². The third-order valence-electron chi connectivity index (χ3n) is 2.63. The number of alkyl halides is 1. The van der Waals surface area contributed by atoms with Gasteiger partial charge in [0.15, 0.2) is 0 Å². The topological polar surface area (TPSA) is 21.3 Å². The van der Waals surface area contributed by atoms with Crippen molar-refractivity contribution in [3.05, 3.63) is 35.9 Å². The third kappa shape index (κ3) is 7.37. The molecule has 0 bridgehead atoms. The fraction of sp³-hybridized carbons (Fsp3) is 0.571. The Labute approximate surface area is 109 Å². The van der Waals surface area contributed by atoms with Crippen molar-refractivity contribution < 1.29 is 4.74 Å². The average Bonchev–Trinajstić information content (AvgIpc) is 2.35. The van der Waals surface area contributed by atoms with Crippen LogP contribution in [0.25, 0.3) is 0 Å². The lowest BCUT2D eigenvalue weighted by molar-refractivity contribution is 0.197. The van der Waals surface area contributed by atoms with E-state index >= 15 is 0 Å². The van der Waals surface area contributed by atoms with Crippen molar-refractivity contribution in [2.24, 2.45) is 0 Å². The summed E-state index contributed by atoms with van der Waals surface area (Å²) in [6.45, 7) is 2.46. The maximum atomic E-state index is 6.00. The van der Waals surface area contributed by atoms with Gasteiger partial charge in [0.05, 0.1) is 12.0 Å².